The Hall–Kier alpha value is -2.98. The summed E-state index contributed by atoms with van der Waals surface area (Å²) in [4.78, 5) is 0. The van der Waals surface area contributed by atoms with E-state index in [2.05, 4.69) is 4.74 Å². The van der Waals surface area contributed by atoms with Gasteiger partial charge in [-0.2, -0.15) is 0 Å². The molecule has 1 saturated heterocycles. The predicted molar refractivity (Wildman–Crippen MR) is 104 cm³/mol. The van der Waals surface area contributed by atoms with Gasteiger partial charge < -0.3 is 44.8 Å². The number of phenols is 3. The minimum atomic E-state index is -1.52. The van der Waals surface area contributed by atoms with Gasteiger partial charge in [-0.1, -0.05) is 0 Å². The van der Waals surface area contributed by atoms with Crippen molar-refractivity contribution in [2.45, 2.75) is 43.7 Å². The molecule has 0 aromatic heterocycles. The highest BCUT2D eigenvalue weighted by atomic mass is 16.7. The van der Waals surface area contributed by atoms with Crippen molar-refractivity contribution in [2.24, 2.45) is 0 Å². The van der Waals surface area contributed by atoms with E-state index in [1.165, 1.54) is 31.2 Å². The Morgan fingerprint density at radius 2 is 1.60 bits per heavy atom. The average molecular weight is 419 g/mol. The van der Waals surface area contributed by atoms with Crippen molar-refractivity contribution in [1.82, 2.24) is 0 Å². The number of hydrogen-bond acceptors (Lipinski definition) is 8. The standard InChI is InChI=1S/C21H22O9/c1-9-17(25)18(26)19(27)21(28-9)30-16-8-13-14(24)6-12(23)7-15(13)29-20(16)10-2-4-11(22)5-3-10/h2-9,17-27H,1H3/p+1. The van der Waals surface area contributed by atoms with Crippen LogP contribution in [0.4, 0.5) is 0 Å². The molecule has 0 amide bonds. The van der Waals surface area contributed by atoms with Crippen LogP contribution in [-0.2, 0) is 9.47 Å². The molecule has 6 atom stereocenters. The van der Waals surface area contributed by atoms with Gasteiger partial charge in [-0.25, -0.2) is 0 Å². The molecule has 1 fully saturated rings. The zero-order valence-corrected chi connectivity index (χ0v) is 16.0. The first-order chi connectivity index (χ1) is 14.2. The van der Waals surface area contributed by atoms with E-state index in [9.17, 15) is 30.6 Å². The van der Waals surface area contributed by atoms with Crippen LogP contribution in [0.3, 0.4) is 0 Å². The maximum Gasteiger partial charge on any atom is 0.270 e. The summed E-state index contributed by atoms with van der Waals surface area (Å²) < 4.78 is 15.9. The second-order valence-corrected chi connectivity index (χ2v) is 7.37. The third-order valence-electron chi connectivity index (χ3n) is 5.21. The lowest BCUT2D eigenvalue weighted by atomic mass is 9.99. The van der Waals surface area contributed by atoms with Crippen LogP contribution < -0.4 is 0 Å². The van der Waals surface area contributed by atoms with Gasteiger partial charge in [-0.3, -0.25) is 0 Å². The van der Waals surface area contributed by atoms with E-state index in [4.69, 9.17) is 9.47 Å². The first-order valence-electron chi connectivity index (χ1n) is 9.38. The Labute approximate surface area is 171 Å². The van der Waals surface area contributed by atoms with Crippen molar-refractivity contribution < 1.29 is 44.8 Å². The minimum Gasteiger partial charge on any atom is -0.571 e. The van der Waals surface area contributed by atoms with Crippen molar-refractivity contribution in [2.75, 3.05) is 0 Å². The highest BCUT2D eigenvalue weighted by Gasteiger charge is 2.45. The number of rotatable bonds is 3. The van der Waals surface area contributed by atoms with Crippen LogP contribution in [0.25, 0.3) is 6.08 Å². The fourth-order valence-corrected chi connectivity index (χ4v) is 3.53. The van der Waals surface area contributed by atoms with Crippen LogP contribution in [0, 0.1) is 0 Å². The molecule has 9 nitrogen and oxygen atoms in total. The lowest BCUT2D eigenvalue weighted by Gasteiger charge is -2.39. The van der Waals surface area contributed by atoms with Crippen LogP contribution in [0.2, 0.25) is 0 Å². The van der Waals surface area contributed by atoms with Crippen molar-refractivity contribution in [3.8, 4) is 23.0 Å². The maximum absolute atomic E-state index is 10.3. The SMILES string of the molecule is CC1OC(OC2=Cc3c(O)cc(O)cc3[OH+]C2c2ccc(O)cc2)C(O)C(O)C1O. The molecule has 4 rings (SSSR count). The number of hydrogen-bond donors (Lipinski definition) is 6. The Balaban J connectivity index is 1.72. The Bertz CT molecular complexity index is 956. The molecule has 160 valence electrons. The number of aliphatic hydroxyl groups excluding tert-OH is 3. The van der Waals surface area contributed by atoms with Gasteiger partial charge in [0.15, 0.2) is 5.76 Å². The van der Waals surface area contributed by atoms with Crippen molar-refractivity contribution >= 4 is 6.08 Å². The predicted octanol–water partition coefficient (Wildman–Crippen LogP) is 0.985. The fraction of sp³-hybridized carbons (Fsp3) is 0.333. The van der Waals surface area contributed by atoms with Crippen LogP contribution in [0.5, 0.6) is 23.0 Å². The summed E-state index contributed by atoms with van der Waals surface area (Å²) in [5.74, 6) is 0.219. The molecule has 2 heterocycles. The fourth-order valence-electron chi connectivity index (χ4n) is 3.53. The zero-order valence-electron chi connectivity index (χ0n) is 16.0. The summed E-state index contributed by atoms with van der Waals surface area (Å²) in [7, 11) is 0. The van der Waals surface area contributed by atoms with Crippen LogP contribution in [0.1, 0.15) is 24.2 Å². The van der Waals surface area contributed by atoms with Gasteiger partial charge in [0.2, 0.25) is 6.29 Å². The van der Waals surface area contributed by atoms with Crippen molar-refractivity contribution in [3.63, 3.8) is 0 Å². The Morgan fingerprint density at radius 3 is 2.30 bits per heavy atom. The molecule has 9 heteroatoms. The lowest BCUT2D eigenvalue weighted by Crippen LogP contribution is -2.57. The highest BCUT2D eigenvalue weighted by Crippen LogP contribution is 2.45. The van der Waals surface area contributed by atoms with Crippen LogP contribution >= 0.6 is 0 Å². The van der Waals surface area contributed by atoms with E-state index in [0.717, 1.165) is 6.07 Å². The normalized spacial score (nSPS) is 30.7. The van der Waals surface area contributed by atoms with E-state index in [-0.39, 0.29) is 23.0 Å². The minimum absolute atomic E-state index is 0.0636. The number of aliphatic hydroxyl groups is 4. The summed E-state index contributed by atoms with van der Waals surface area (Å²) in [6, 6.07) is 8.78. The van der Waals surface area contributed by atoms with Gasteiger partial charge in [0.25, 0.3) is 11.9 Å². The molecule has 0 saturated carbocycles. The van der Waals surface area contributed by atoms with E-state index in [0.29, 0.717) is 16.9 Å². The third kappa shape index (κ3) is 3.63. The van der Waals surface area contributed by atoms with E-state index in [1.54, 1.807) is 12.1 Å². The zero-order chi connectivity index (χ0) is 21.6. The van der Waals surface area contributed by atoms with E-state index < -0.39 is 36.8 Å². The molecule has 6 unspecified atom stereocenters. The highest BCUT2D eigenvalue weighted by molar-refractivity contribution is 5.69. The molecule has 30 heavy (non-hydrogen) atoms. The summed E-state index contributed by atoms with van der Waals surface area (Å²) in [6.07, 6.45) is -5.58. The quantitative estimate of drug-likeness (QED) is 0.403. The topological polar surface area (TPSA) is 153 Å². The van der Waals surface area contributed by atoms with E-state index >= 15 is 0 Å². The molecule has 7 N–H and O–H groups in total. The monoisotopic (exact) mass is 419 g/mol. The first-order valence-corrected chi connectivity index (χ1v) is 9.38. The Morgan fingerprint density at radius 1 is 0.900 bits per heavy atom. The van der Waals surface area contributed by atoms with Gasteiger partial charge in [-0.15, -0.1) is 0 Å². The molecule has 2 aromatic rings. The van der Waals surface area contributed by atoms with Gasteiger partial charge in [-0.05, 0) is 31.2 Å². The third-order valence-corrected chi connectivity index (χ3v) is 5.21. The molecule has 0 radical (unpaired) electrons. The van der Waals surface area contributed by atoms with Gasteiger partial charge >= 0.3 is 0 Å². The summed E-state index contributed by atoms with van der Waals surface area (Å²) >= 11 is 0. The number of aromatic hydroxyl groups is 4. The summed E-state index contributed by atoms with van der Waals surface area (Å²) in [6.45, 7) is 1.54. The number of benzene rings is 2. The molecule has 2 aliphatic heterocycles. The molecule has 2 aliphatic rings. The summed E-state index contributed by atoms with van der Waals surface area (Å²) in [5, 5.41) is 59.8. The van der Waals surface area contributed by atoms with Crippen molar-refractivity contribution in [3.05, 3.63) is 53.3 Å². The molecule has 0 bridgehead atoms. The smallest absolute Gasteiger partial charge is 0.270 e. The Kier molecular flexibility index (Phi) is 5.20. The van der Waals surface area contributed by atoms with E-state index in [1.807, 2.05) is 0 Å². The maximum atomic E-state index is 10.3. The molecule has 2 aromatic carbocycles. The number of ether oxygens (including phenoxy) is 3. The number of fused-ring (bicyclic) bond motifs is 1. The second-order valence-electron chi connectivity index (χ2n) is 7.37. The van der Waals surface area contributed by atoms with Gasteiger partial charge in [0.1, 0.15) is 41.1 Å². The largest absolute Gasteiger partial charge is 0.571 e. The second kappa shape index (κ2) is 7.69. The average Bonchev–Trinajstić information content (AvgIpc) is 2.71. The first kappa shape index (κ1) is 20.3. The van der Waals surface area contributed by atoms with Gasteiger partial charge in [0.05, 0.1) is 17.7 Å². The summed E-state index contributed by atoms with van der Waals surface area (Å²) in [5.41, 5.74) is 0.934. The number of phenolic OH excluding ortho intramolecular Hbond substituents is 3. The van der Waals surface area contributed by atoms with Crippen LogP contribution in [-0.4, -0.2) is 66.1 Å². The molecule has 0 spiro atoms. The molecular formula is C21H23O9+. The van der Waals surface area contributed by atoms with Gasteiger partial charge in [0, 0.05) is 12.1 Å². The van der Waals surface area contributed by atoms with Crippen molar-refractivity contribution in [1.29, 1.82) is 0 Å². The van der Waals surface area contributed by atoms with Crippen LogP contribution in [0.15, 0.2) is 42.2 Å². The lowest BCUT2D eigenvalue weighted by molar-refractivity contribution is -0.287. The molecular weight excluding hydrogens is 396 g/mol. The molecule has 0 aliphatic carbocycles.